The first-order chi connectivity index (χ1) is 22.0. The summed E-state index contributed by atoms with van der Waals surface area (Å²) in [6.07, 6.45) is 10.6. The molecule has 4 aliphatic rings. The van der Waals surface area contributed by atoms with Crippen molar-refractivity contribution in [1.29, 1.82) is 0 Å². The minimum absolute atomic E-state index is 0.0373. The Kier molecular flexibility index (Phi) is 9.31. The van der Waals surface area contributed by atoms with Gasteiger partial charge in [0.05, 0.1) is 17.5 Å². The van der Waals surface area contributed by atoms with Crippen LogP contribution in [-0.4, -0.2) is 57.8 Å². The van der Waals surface area contributed by atoms with Crippen molar-refractivity contribution in [3.63, 3.8) is 0 Å². The lowest BCUT2D eigenvalue weighted by Gasteiger charge is -2.49. The Bertz CT molecular complexity index is 1630. The van der Waals surface area contributed by atoms with Gasteiger partial charge in [-0.2, -0.15) is 0 Å². The third-order valence-corrected chi connectivity index (χ3v) is 13.1. The average Bonchev–Trinajstić information content (AvgIpc) is 3.17. The number of aryl methyl sites for hydroxylation is 1. The Labute approximate surface area is 277 Å². The van der Waals surface area contributed by atoms with Crippen LogP contribution < -0.4 is 14.4 Å². The number of anilines is 1. The van der Waals surface area contributed by atoms with Gasteiger partial charge in [0.2, 0.25) is 10.0 Å². The van der Waals surface area contributed by atoms with Gasteiger partial charge in [-0.15, -0.1) is 0 Å². The number of carbonyl (C=O) groups excluding carboxylic acids is 2. The number of fused-ring (bicyclic) bond motifs is 4. The Morgan fingerprint density at radius 3 is 2.74 bits per heavy atom. The third kappa shape index (κ3) is 6.11. The Hall–Kier alpha value is -2.88. The van der Waals surface area contributed by atoms with E-state index in [1.54, 1.807) is 25.1 Å². The van der Waals surface area contributed by atoms with E-state index in [9.17, 15) is 18.0 Å². The molecular formula is C36H45ClN2O6S. The zero-order valence-corrected chi connectivity index (χ0v) is 28.5. The number of nitrogens with zero attached hydrogens (tertiary/aromatic N) is 1. The number of ether oxygens (including phenoxy) is 2. The van der Waals surface area contributed by atoms with Crippen LogP contribution in [0.2, 0.25) is 5.02 Å². The highest BCUT2D eigenvalue weighted by Gasteiger charge is 2.49. The molecule has 1 N–H and O–H groups in total. The monoisotopic (exact) mass is 668 g/mol. The van der Waals surface area contributed by atoms with Crippen LogP contribution >= 0.6 is 11.6 Å². The van der Waals surface area contributed by atoms with Crippen LogP contribution in [0, 0.1) is 17.8 Å². The smallest absolute Gasteiger partial charge is 0.264 e. The van der Waals surface area contributed by atoms with E-state index in [1.807, 2.05) is 32.1 Å². The topological polar surface area (TPSA) is 102 Å². The highest BCUT2D eigenvalue weighted by Crippen LogP contribution is 2.48. The summed E-state index contributed by atoms with van der Waals surface area (Å²) in [5.74, 6) is -0.187. The van der Waals surface area contributed by atoms with E-state index in [1.165, 1.54) is 11.1 Å². The molecule has 46 heavy (non-hydrogen) atoms. The van der Waals surface area contributed by atoms with Gasteiger partial charge >= 0.3 is 0 Å². The fourth-order valence-corrected chi connectivity index (χ4v) is 9.36. The Morgan fingerprint density at radius 2 is 2.00 bits per heavy atom. The SMILES string of the molecule is CCCO[C@]1(C=O)/C=C\C[C@H](C)[C@@H](C)S(=O)(=O)NC(=O)c2ccc3c(c2)N(C[C@@H]2CC[C@H]21)C[C@@]1(CCCc2cc(Cl)ccc21)CO3. The summed E-state index contributed by atoms with van der Waals surface area (Å²) >= 11 is 6.42. The van der Waals surface area contributed by atoms with E-state index in [2.05, 4.69) is 21.8 Å². The van der Waals surface area contributed by atoms with Crippen molar-refractivity contribution in [2.75, 3.05) is 31.2 Å². The second-order valence-electron chi connectivity index (χ2n) is 13.8. The van der Waals surface area contributed by atoms with Crippen LogP contribution in [-0.2, 0) is 31.4 Å². The zero-order valence-electron chi connectivity index (χ0n) is 27.0. The maximum absolute atomic E-state index is 13.5. The molecule has 0 radical (unpaired) electrons. The van der Waals surface area contributed by atoms with E-state index in [4.69, 9.17) is 21.1 Å². The molecule has 1 amide bonds. The number of rotatable bonds is 4. The van der Waals surface area contributed by atoms with E-state index < -0.39 is 26.8 Å². The molecule has 2 aromatic carbocycles. The average molecular weight is 669 g/mol. The van der Waals surface area contributed by atoms with Gasteiger partial charge < -0.3 is 14.4 Å². The molecule has 6 rings (SSSR count). The minimum atomic E-state index is -3.98. The van der Waals surface area contributed by atoms with Crippen molar-refractivity contribution in [1.82, 2.24) is 4.72 Å². The highest BCUT2D eigenvalue weighted by atomic mass is 35.5. The lowest BCUT2D eigenvalue weighted by molar-refractivity contribution is -0.141. The zero-order chi connectivity index (χ0) is 32.7. The molecule has 0 aromatic heterocycles. The number of carbonyl (C=O) groups is 2. The molecule has 6 atom stereocenters. The summed E-state index contributed by atoms with van der Waals surface area (Å²) in [6.45, 7) is 7.69. The highest BCUT2D eigenvalue weighted by molar-refractivity contribution is 7.90. The number of halogens is 1. The standard InChI is InChI=1S/C36H45ClN2O6S/c1-4-17-45-36(22-40)16-5-7-24(2)25(3)46(42,43)38-34(41)27-10-14-33-32(19-27)39(20-28-9-12-31(28)36)21-35(23-44-33)15-6-8-26-18-29(37)11-13-30(26)35/h5,10-11,13-14,16,18-19,22,24-25,28,31H,4,6-9,12,15,17,20-21,23H2,1-3H3,(H,38,41)/b16-5-/t24-,25+,28-,31+,35-,36-/m0/s1. The van der Waals surface area contributed by atoms with Crippen LogP contribution in [0.4, 0.5) is 5.69 Å². The lowest BCUT2D eigenvalue weighted by Crippen LogP contribution is -2.54. The summed E-state index contributed by atoms with van der Waals surface area (Å²) in [6, 6.07) is 11.3. The van der Waals surface area contributed by atoms with Crippen molar-refractivity contribution in [3.8, 4) is 5.75 Å². The predicted molar refractivity (Wildman–Crippen MR) is 180 cm³/mol. The summed E-state index contributed by atoms with van der Waals surface area (Å²) in [7, 11) is -3.98. The molecule has 10 heteroatoms. The first-order valence-corrected chi connectivity index (χ1v) is 18.6. The van der Waals surface area contributed by atoms with E-state index in [0.29, 0.717) is 38.5 Å². The van der Waals surface area contributed by atoms with Crippen molar-refractivity contribution in [3.05, 3.63) is 70.3 Å². The molecule has 0 saturated heterocycles. The van der Waals surface area contributed by atoms with Gasteiger partial charge in [0, 0.05) is 41.6 Å². The number of nitrogens with one attached hydrogen (secondary N) is 1. The van der Waals surface area contributed by atoms with Gasteiger partial charge in [0.25, 0.3) is 5.91 Å². The van der Waals surface area contributed by atoms with Crippen molar-refractivity contribution in [2.45, 2.75) is 82.0 Å². The number of amides is 1. The summed E-state index contributed by atoms with van der Waals surface area (Å²) in [5, 5.41) is -0.122. The minimum Gasteiger partial charge on any atom is -0.490 e. The molecule has 8 nitrogen and oxygen atoms in total. The quantitative estimate of drug-likeness (QED) is 0.304. The molecule has 2 aliphatic heterocycles. The van der Waals surface area contributed by atoms with Gasteiger partial charge in [-0.05, 0) is 111 Å². The van der Waals surface area contributed by atoms with Gasteiger partial charge in [-0.3, -0.25) is 9.59 Å². The second-order valence-corrected chi connectivity index (χ2v) is 16.3. The number of hydrogen-bond acceptors (Lipinski definition) is 7. The Balaban J connectivity index is 1.46. The lowest BCUT2D eigenvalue weighted by atomic mass is 9.64. The first kappa shape index (κ1) is 33.0. The molecular weight excluding hydrogens is 624 g/mol. The van der Waals surface area contributed by atoms with Crippen molar-refractivity contribution >= 4 is 39.5 Å². The summed E-state index contributed by atoms with van der Waals surface area (Å²) in [5.41, 5.74) is 2.07. The van der Waals surface area contributed by atoms with Crippen molar-refractivity contribution in [2.24, 2.45) is 17.8 Å². The molecule has 2 bridgehead atoms. The molecule has 2 aliphatic carbocycles. The molecule has 1 saturated carbocycles. The van der Waals surface area contributed by atoms with Crippen molar-refractivity contribution < 1.29 is 27.5 Å². The number of hydrogen-bond donors (Lipinski definition) is 1. The largest absolute Gasteiger partial charge is 0.490 e. The number of sulfonamides is 1. The van der Waals surface area contributed by atoms with Gasteiger partial charge in [0.1, 0.15) is 11.4 Å². The maximum Gasteiger partial charge on any atom is 0.264 e. The molecule has 2 heterocycles. The van der Waals surface area contributed by atoms with Crippen LogP contribution in [0.5, 0.6) is 5.75 Å². The summed E-state index contributed by atoms with van der Waals surface area (Å²) < 4.78 is 42.0. The molecule has 2 aromatic rings. The van der Waals surface area contributed by atoms with E-state index in [-0.39, 0.29) is 28.7 Å². The van der Waals surface area contributed by atoms with Gasteiger partial charge in [-0.1, -0.05) is 37.6 Å². The number of aldehydes is 1. The fourth-order valence-electron chi connectivity index (χ4n) is 7.88. The third-order valence-electron chi connectivity index (χ3n) is 10.9. The second kappa shape index (κ2) is 13.0. The molecule has 248 valence electrons. The molecule has 0 unspecified atom stereocenters. The number of allylic oxidation sites excluding steroid dienone is 1. The van der Waals surface area contributed by atoms with Crippen LogP contribution in [0.1, 0.15) is 80.8 Å². The maximum atomic E-state index is 13.5. The fraction of sp³-hybridized carbons (Fsp3) is 0.556. The molecule has 1 spiro atoms. The summed E-state index contributed by atoms with van der Waals surface area (Å²) in [4.78, 5) is 28.7. The van der Waals surface area contributed by atoms with Crippen LogP contribution in [0.15, 0.2) is 48.6 Å². The predicted octanol–water partition coefficient (Wildman–Crippen LogP) is 6.25. The van der Waals surface area contributed by atoms with Gasteiger partial charge in [0.15, 0.2) is 6.29 Å². The normalized spacial score (nSPS) is 33.0. The van der Waals surface area contributed by atoms with E-state index >= 15 is 0 Å². The number of benzene rings is 2. The van der Waals surface area contributed by atoms with E-state index in [0.717, 1.165) is 55.5 Å². The Morgan fingerprint density at radius 1 is 1.17 bits per heavy atom. The van der Waals surface area contributed by atoms with Crippen LogP contribution in [0.25, 0.3) is 0 Å². The first-order valence-electron chi connectivity index (χ1n) is 16.7. The van der Waals surface area contributed by atoms with Gasteiger partial charge in [-0.25, -0.2) is 13.1 Å². The van der Waals surface area contributed by atoms with Crippen LogP contribution in [0.3, 0.4) is 0 Å². The molecule has 1 fully saturated rings.